The van der Waals surface area contributed by atoms with E-state index in [0.29, 0.717) is 30.4 Å². The van der Waals surface area contributed by atoms with Crippen LogP contribution in [0.5, 0.6) is 5.75 Å². The van der Waals surface area contributed by atoms with E-state index in [1.54, 1.807) is 31.1 Å². The van der Waals surface area contributed by atoms with Crippen LogP contribution in [0, 0.1) is 5.92 Å². The highest BCUT2D eigenvalue weighted by Gasteiger charge is 2.42. The molecule has 1 fully saturated rings. The van der Waals surface area contributed by atoms with Gasteiger partial charge in [-0.1, -0.05) is 38.0 Å². The first-order valence-electron chi connectivity index (χ1n) is 13.7. The van der Waals surface area contributed by atoms with Crippen molar-refractivity contribution in [2.45, 2.75) is 81.2 Å². The molecule has 212 valence electrons. The summed E-state index contributed by atoms with van der Waals surface area (Å²) in [4.78, 5) is 15.3. The fraction of sp³-hybridized carbons (Fsp3) is 0.500. The fourth-order valence-electron chi connectivity index (χ4n) is 4.75. The lowest BCUT2D eigenvalue weighted by molar-refractivity contribution is -0.148. The Morgan fingerprint density at radius 3 is 2.49 bits per heavy atom. The van der Waals surface area contributed by atoms with E-state index in [0.717, 1.165) is 42.7 Å². The summed E-state index contributed by atoms with van der Waals surface area (Å²) in [6.07, 6.45) is 9.30. The predicted octanol–water partition coefficient (Wildman–Crippen LogP) is 6.75. The summed E-state index contributed by atoms with van der Waals surface area (Å²) in [7, 11) is -3.82. The smallest absolute Gasteiger partial charge is 0.334 e. The molecule has 2 aromatic carbocycles. The van der Waals surface area contributed by atoms with Gasteiger partial charge in [0.15, 0.2) is 0 Å². The zero-order valence-corrected chi connectivity index (χ0v) is 25.2. The maximum Gasteiger partial charge on any atom is 0.334 e. The van der Waals surface area contributed by atoms with E-state index in [-0.39, 0.29) is 10.9 Å². The number of unbranched alkanes of at least 4 members (excludes halogenated alkanes) is 1. The van der Waals surface area contributed by atoms with Crippen LogP contribution >= 0.6 is 11.8 Å². The average Bonchev–Trinajstić information content (AvgIpc) is 3.71. The van der Waals surface area contributed by atoms with Crippen LogP contribution in [-0.4, -0.2) is 49.7 Å². The first kappa shape index (κ1) is 29.5. The Balaban J connectivity index is 1.80. The molecule has 0 amide bonds. The third-order valence-electron chi connectivity index (χ3n) is 6.82. The molecule has 0 bridgehead atoms. The first-order valence-corrected chi connectivity index (χ1v) is 16.3. The molecule has 7 nitrogen and oxygen atoms in total. The number of carbonyl (C=O) groups excluding carboxylic acids is 1. The van der Waals surface area contributed by atoms with Crippen molar-refractivity contribution < 1.29 is 22.7 Å². The fourth-order valence-corrected chi connectivity index (χ4v) is 7.20. The second-order valence-corrected chi connectivity index (χ2v) is 13.9. The molecule has 0 spiro atoms. The molecule has 1 atom stereocenters. The largest absolute Gasteiger partial charge is 0.464 e. The number of nitrogens with zero attached hydrogens (tertiary/aromatic N) is 2. The van der Waals surface area contributed by atoms with E-state index in [1.165, 1.54) is 24.1 Å². The number of thioether (sulfide) groups is 1. The normalized spacial score (nSPS) is 19.5. The second-order valence-electron chi connectivity index (χ2n) is 11.2. The van der Waals surface area contributed by atoms with Crippen LogP contribution in [0.25, 0.3) is 0 Å². The van der Waals surface area contributed by atoms with Crippen molar-refractivity contribution in [1.29, 1.82) is 0 Å². The van der Waals surface area contributed by atoms with E-state index < -0.39 is 21.6 Å². The number of hydrogen-bond acceptors (Lipinski definition) is 7. The number of sulfonamides is 1. The van der Waals surface area contributed by atoms with Crippen molar-refractivity contribution in [2.24, 2.45) is 5.92 Å². The Labute approximate surface area is 237 Å². The number of ether oxygens (including phenoxy) is 2. The van der Waals surface area contributed by atoms with Gasteiger partial charge in [0.1, 0.15) is 16.2 Å². The molecular weight excluding hydrogens is 532 g/mol. The molecule has 2 aromatic rings. The summed E-state index contributed by atoms with van der Waals surface area (Å²) in [6, 6.07) is 13.4. The molecule has 1 unspecified atom stereocenters. The Hall–Kier alpha value is -2.49. The SMILES string of the molecule is CCCCC1CN(c2ccccc2)c2cc(SC)c(O/C=C/C(=O)OC(C)(C)C)cc2S(=O)(=O)N1CC1CC1. The van der Waals surface area contributed by atoms with Gasteiger partial charge in [-0.2, -0.15) is 4.31 Å². The summed E-state index contributed by atoms with van der Waals surface area (Å²) < 4.78 is 41.7. The van der Waals surface area contributed by atoms with Crippen molar-refractivity contribution in [3.05, 3.63) is 54.8 Å². The quantitative estimate of drug-likeness (QED) is 0.135. The van der Waals surface area contributed by atoms with Gasteiger partial charge in [-0.3, -0.25) is 0 Å². The number of esters is 1. The van der Waals surface area contributed by atoms with Crippen molar-refractivity contribution in [2.75, 3.05) is 24.2 Å². The summed E-state index contributed by atoms with van der Waals surface area (Å²) in [6.45, 7) is 8.64. The minimum absolute atomic E-state index is 0.141. The molecule has 0 radical (unpaired) electrons. The van der Waals surface area contributed by atoms with Crippen LogP contribution < -0.4 is 9.64 Å². The van der Waals surface area contributed by atoms with Gasteiger partial charge in [0.25, 0.3) is 0 Å². The van der Waals surface area contributed by atoms with Crippen LogP contribution in [-0.2, 0) is 19.6 Å². The molecule has 2 aliphatic rings. The monoisotopic (exact) mass is 572 g/mol. The molecule has 0 saturated heterocycles. The number of para-hydroxylation sites is 1. The molecule has 1 heterocycles. The maximum absolute atomic E-state index is 14.4. The van der Waals surface area contributed by atoms with E-state index in [1.807, 2.05) is 42.7 Å². The lowest BCUT2D eigenvalue weighted by atomic mass is 10.1. The summed E-state index contributed by atoms with van der Waals surface area (Å²) >= 11 is 1.47. The van der Waals surface area contributed by atoms with Gasteiger partial charge in [-0.25, -0.2) is 13.2 Å². The van der Waals surface area contributed by atoms with Crippen molar-refractivity contribution in [3.8, 4) is 5.75 Å². The molecule has 0 aromatic heterocycles. The van der Waals surface area contributed by atoms with E-state index in [2.05, 4.69) is 11.8 Å². The van der Waals surface area contributed by atoms with Crippen LogP contribution in [0.2, 0.25) is 0 Å². The Morgan fingerprint density at radius 1 is 1.15 bits per heavy atom. The molecule has 1 saturated carbocycles. The average molecular weight is 573 g/mol. The third kappa shape index (κ3) is 7.38. The van der Waals surface area contributed by atoms with Crippen LogP contribution in [0.3, 0.4) is 0 Å². The summed E-state index contributed by atoms with van der Waals surface area (Å²) in [5.74, 6) is 0.268. The van der Waals surface area contributed by atoms with E-state index in [4.69, 9.17) is 9.47 Å². The number of fused-ring (bicyclic) bond motifs is 1. The van der Waals surface area contributed by atoms with E-state index >= 15 is 0 Å². The minimum Gasteiger partial charge on any atom is -0.464 e. The van der Waals surface area contributed by atoms with Crippen molar-refractivity contribution >= 4 is 39.1 Å². The number of benzene rings is 2. The third-order valence-corrected chi connectivity index (χ3v) is 9.53. The highest BCUT2D eigenvalue weighted by Crippen LogP contribution is 2.45. The summed E-state index contributed by atoms with van der Waals surface area (Å²) in [5, 5.41) is 0. The van der Waals surface area contributed by atoms with Gasteiger partial charge in [-0.15, -0.1) is 11.8 Å². The molecule has 1 aliphatic heterocycles. The van der Waals surface area contributed by atoms with Gasteiger partial charge < -0.3 is 14.4 Å². The second kappa shape index (κ2) is 12.4. The molecule has 39 heavy (non-hydrogen) atoms. The zero-order valence-electron chi connectivity index (χ0n) is 23.6. The van der Waals surface area contributed by atoms with Gasteiger partial charge in [-0.05, 0) is 70.4 Å². The maximum atomic E-state index is 14.4. The Bertz CT molecular complexity index is 1280. The van der Waals surface area contributed by atoms with Crippen molar-refractivity contribution in [1.82, 2.24) is 4.31 Å². The van der Waals surface area contributed by atoms with Crippen LogP contribution in [0.1, 0.15) is 59.8 Å². The lowest BCUT2D eigenvalue weighted by Crippen LogP contribution is -2.44. The van der Waals surface area contributed by atoms with Gasteiger partial charge in [0.2, 0.25) is 10.0 Å². The number of rotatable bonds is 10. The number of anilines is 2. The molecule has 0 N–H and O–H groups in total. The predicted molar refractivity (Wildman–Crippen MR) is 157 cm³/mol. The van der Waals surface area contributed by atoms with Crippen LogP contribution in [0.15, 0.2) is 64.6 Å². The number of carbonyl (C=O) groups is 1. The highest BCUT2D eigenvalue weighted by molar-refractivity contribution is 7.98. The molecule has 1 aliphatic carbocycles. The highest BCUT2D eigenvalue weighted by atomic mass is 32.2. The van der Waals surface area contributed by atoms with Gasteiger partial charge >= 0.3 is 5.97 Å². The zero-order chi connectivity index (χ0) is 28.2. The van der Waals surface area contributed by atoms with Crippen LogP contribution in [0.4, 0.5) is 11.4 Å². The number of hydrogen-bond donors (Lipinski definition) is 0. The minimum atomic E-state index is -3.82. The van der Waals surface area contributed by atoms with Gasteiger partial charge in [0.05, 0.1) is 22.9 Å². The van der Waals surface area contributed by atoms with Gasteiger partial charge in [0, 0.05) is 30.9 Å². The topological polar surface area (TPSA) is 76.1 Å². The first-order chi connectivity index (χ1) is 18.5. The van der Waals surface area contributed by atoms with Crippen molar-refractivity contribution in [3.63, 3.8) is 0 Å². The Morgan fingerprint density at radius 2 is 1.87 bits per heavy atom. The Kier molecular flexibility index (Phi) is 9.34. The summed E-state index contributed by atoms with van der Waals surface area (Å²) in [5.41, 5.74) is 0.979. The molecule has 4 rings (SSSR count). The molecular formula is C30H40N2O5S2. The standard InChI is InChI=1S/C30H40N2O5S2/c1-6-7-11-24-21-31(23-12-9-8-10-13-23)25-18-27(38-5)26(36-17-16-29(33)37-30(2,3)4)19-28(25)39(34,35)32(24)20-22-14-15-22/h8-10,12-13,16-19,22,24H,6-7,11,14-15,20-21H2,1-5H3/b17-16+. The molecule has 9 heteroatoms. The van der Waals surface area contributed by atoms with E-state index in [9.17, 15) is 13.2 Å². The lowest BCUT2D eigenvalue weighted by Gasteiger charge is -2.31.